The number of rotatable bonds is 1. The van der Waals surface area contributed by atoms with Gasteiger partial charge in [-0.05, 0) is 12.1 Å². The standard InChI is InChI=1S/C9H11ClF2Si/c1-13(2,3)6-4-7(10)9(12)8(11)5-6/h4-5H,1-3H3. The maximum absolute atomic E-state index is 12.9. The van der Waals surface area contributed by atoms with Gasteiger partial charge in [0, 0.05) is 0 Å². The predicted molar refractivity (Wildman–Crippen MR) is 54.3 cm³/mol. The van der Waals surface area contributed by atoms with Gasteiger partial charge in [0.1, 0.15) is 0 Å². The summed E-state index contributed by atoms with van der Waals surface area (Å²) in [4.78, 5) is 0. The Bertz CT molecular complexity index is 308. The van der Waals surface area contributed by atoms with Gasteiger partial charge in [-0.15, -0.1) is 0 Å². The van der Waals surface area contributed by atoms with Gasteiger partial charge in [0.2, 0.25) is 0 Å². The first-order chi connectivity index (χ1) is 5.82. The van der Waals surface area contributed by atoms with Crippen LogP contribution in [0.25, 0.3) is 0 Å². The monoisotopic (exact) mass is 220 g/mol. The summed E-state index contributed by atoms with van der Waals surface area (Å²) >= 11 is 5.53. The lowest BCUT2D eigenvalue weighted by molar-refractivity contribution is 0.510. The molecule has 0 amide bonds. The summed E-state index contributed by atoms with van der Waals surface area (Å²) in [6.45, 7) is 6.15. The molecule has 13 heavy (non-hydrogen) atoms. The Labute approximate surface area is 82.5 Å². The van der Waals surface area contributed by atoms with Gasteiger partial charge in [-0.25, -0.2) is 8.78 Å². The minimum absolute atomic E-state index is 0.127. The van der Waals surface area contributed by atoms with Crippen LogP contribution in [0.15, 0.2) is 12.1 Å². The van der Waals surface area contributed by atoms with Crippen molar-refractivity contribution >= 4 is 24.9 Å². The van der Waals surface area contributed by atoms with Crippen LogP contribution < -0.4 is 5.19 Å². The van der Waals surface area contributed by atoms with Gasteiger partial charge in [0.15, 0.2) is 11.6 Å². The topological polar surface area (TPSA) is 0 Å². The van der Waals surface area contributed by atoms with E-state index in [-0.39, 0.29) is 5.02 Å². The van der Waals surface area contributed by atoms with Crippen molar-refractivity contribution in [2.75, 3.05) is 0 Å². The minimum atomic E-state index is -1.61. The maximum atomic E-state index is 12.9. The summed E-state index contributed by atoms with van der Waals surface area (Å²) in [5.41, 5.74) is 0. The molecule has 0 unspecified atom stereocenters. The lowest BCUT2D eigenvalue weighted by Crippen LogP contribution is -2.38. The number of hydrogen-bond acceptors (Lipinski definition) is 0. The quantitative estimate of drug-likeness (QED) is 0.504. The second-order valence-corrected chi connectivity index (χ2v) is 9.49. The van der Waals surface area contributed by atoms with E-state index in [0.29, 0.717) is 0 Å². The van der Waals surface area contributed by atoms with E-state index in [1.807, 2.05) is 0 Å². The van der Waals surface area contributed by atoms with E-state index < -0.39 is 19.7 Å². The van der Waals surface area contributed by atoms with Gasteiger partial charge in [0.05, 0.1) is 13.1 Å². The molecule has 0 radical (unpaired) electrons. The number of halogens is 3. The van der Waals surface area contributed by atoms with E-state index in [0.717, 1.165) is 5.19 Å². The van der Waals surface area contributed by atoms with Crippen LogP contribution in [0.4, 0.5) is 8.78 Å². The third kappa shape index (κ3) is 2.29. The zero-order chi connectivity index (χ0) is 10.2. The average molecular weight is 221 g/mol. The molecule has 0 N–H and O–H groups in total. The molecule has 0 nitrogen and oxygen atoms in total. The molecule has 0 fully saturated rings. The largest absolute Gasteiger partial charge is 0.204 e. The van der Waals surface area contributed by atoms with Crippen LogP contribution in [-0.2, 0) is 0 Å². The highest BCUT2D eigenvalue weighted by molar-refractivity contribution is 6.88. The van der Waals surface area contributed by atoms with E-state index in [1.54, 1.807) is 0 Å². The first-order valence-electron chi connectivity index (χ1n) is 3.97. The minimum Gasteiger partial charge on any atom is -0.204 e. The van der Waals surface area contributed by atoms with Crippen molar-refractivity contribution in [2.45, 2.75) is 19.6 Å². The van der Waals surface area contributed by atoms with Gasteiger partial charge >= 0.3 is 0 Å². The van der Waals surface area contributed by atoms with Gasteiger partial charge in [-0.1, -0.05) is 36.4 Å². The third-order valence-electron chi connectivity index (χ3n) is 1.85. The third-order valence-corrected chi connectivity index (χ3v) is 4.15. The van der Waals surface area contributed by atoms with E-state index >= 15 is 0 Å². The molecular formula is C9H11ClF2Si. The fourth-order valence-corrected chi connectivity index (χ4v) is 2.42. The highest BCUT2D eigenvalue weighted by Gasteiger charge is 2.20. The fraction of sp³-hybridized carbons (Fsp3) is 0.333. The van der Waals surface area contributed by atoms with Gasteiger partial charge in [-0.3, -0.25) is 0 Å². The van der Waals surface area contributed by atoms with Gasteiger partial charge < -0.3 is 0 Å². The Kier molecular flexibility index (Phi) is 2.78. The van der Waals surface area contributed by atoms with E-state index in [1.165, 1.54) is 12.1 Å². The predicted octanol–water partition coefficient (Wildman–Crippen LogP) is 3.16. The van der Waals surface area contributed by atoms with Crippen LogP contribution in [0.2, 0.25) is 24.7 Å². The average Bonchev–Trinajstić information content (AvgIpc) is 1.97. The summed E-state index contributed by atoms with van der Waals surface area (Å²) in [5, 5.41) is 0.703. The molecule has 0 aliphatic rings. The van der Waals surface area contributed by atoms with Crippen LogP contribution in [0, 0.1) is 11.6 Å². The molecule has 0 aromatic heterocycles. The molecule has 0 saturated carbocycles. The normalized spacial score (nSPS) is 11.8. The highest BCUT2D eigenvalue weighted by Crippen LogP contribution is 2.17. The van der Waals surface area contributed by atoms with E-state index in [2.05, 4.69) is 19.6 Å². The Morgan fingerprint density at radius 2 is 1.69 bits per heavy atom. The summed E-state index contributed by atoms with van der Waals surface area (Å²) in [6, 6.07) is 2.76. The van der Waals surface area contributed by atoms with Gasteiger partial charge in [-0.2, -0.15) is 0 Å². The Morgan fingerprint density at radius 1 is 1.15 bits per heavy atom. The lowest BCUT2D eigenvalue weighted by atomic mass is 10.3. The van der Waals surface area contributed by atoms with Crippen LogP contribution in [-0.4, -0.2) is 8.07 Å². The van der Waals surface area contributed by atoms with E-state index in [4.69, 9.17) is 11.6 Å². The van der Waals surface area contributed by atoms with Crippen molar-refractivity contribution in [1.82, 2.24) is 0 Å². The second kappa shape index (κ2) is 3.39. The maximum Gasteiger partial charge on any atom is 0.177 e. The van der Waals surface area contributed by atoms with E-state index in [9.17, 15) is 8.78 Å². The molecule has 1 aromatic rings. The van der Waals surface area contributed by atoms with Crippen molar-refractivity contribution in [1.29, 1.82) is 0 Å². The van der Waals surface area contributed by atoms with Crippen molar-refractivity contribution in [3.8, 4) is 0 Å². The molecular weight excluding hydrogens is 210 g/mol. The summed E-state index contributed by atoms with van der Waals surface area (Å²) in [6.07, 6.45) is 0. The fourth-order valence-electron chi connectivity index (χ4n) is 0.989. The molecule has 0 saturated heterocycles. The van der Waals surface area contributed by atoms with Crippen molar-refractivity contribution < 1.29 is 8.78 Å². The molecule has 4 heteroatoms. The zero-order valence-corrected chi connectivity index (χ0v) is 9.54. The first-order valence-corrected chi connectivity index (χ1v) is 7.85. The number of benzene rings is 1. The van der Waals surface area contributed by atoms with Crippen LogP contribution in [0.1, 0.15) is 0 Å². The summed E-state index contributed by atoms with van der Waals surface area (Å²) < 4.78 is 25.7. The lowest BCUT2D eigenvalue weighted by Gasteiger charge is -2.16. The van der Waals surface area contributed by atoms with Crippen LogP contribution >= 0.6 is 11.6 Å². The molecule has 1 aromatic carbocycles. The molecule has 0 aliphatic carbocycles. The molecule has 0 spiro atoms. The first kappa shape index (κ1) is 10.7. The molecule has 0 aliphatic heterocycles. The van der Waals surface area contributed by atoms with Crippen LogP contribution in [0.3, 0.4) is 0 Å². The molecule has 1 rings (SSSR count). The Balaban J connectivity index is 3.29. The number of hydrogen-bond donors (Lipinski definition) is 0. The smallest absolute Gasteiger partial charge is 0.177 e. The Hall–Kier alpha value is -0.413. The second-order valence-electron chi connectivity index (χ2n) is 4.00. The summed E-state index contributed by atoms with van der Waals surface area (Å²) in [7, 11) is -1.61. The van der Waals surface area contributed by atoms with Gasteiger partial charge in [0.25, 0.3) is 0 Å². The molecule has 0 atom stereocenters. The zero-order valence-electron chi connectivity index (χ0n) is 7.79. The molecule has 0 bridgehead atoms. The molecule has 0 heterocycles. The Morgan fingerprint density at radius 3 is 2.08 bits per heavy atom. The SMILES string of the molecule is C[Si](C)(C)c1cc(F)c(F)c(Cl)c1. The van der Waals surface area contributed by atoms with Crippen molar-refractivity contribution in [3.05, 3.63) is 28.8 Å². The summed E-state index contributed by atoms with van der Waals surface area (Å²) in [5.74, 6) is -1.81. The highest BCUT2D eigenvalue weighted by atomic mass is 35.5. The van der Waals surface area contributed by atoms with Crippen molar-refractivity contribution in [2.24, 2.45) is 0 Å². The van der Waals surface area contributed by atoms with Crippen molar-refractivity contribution in [3.63, 3.8) is 0 Å². The van der Waals surface area contributed by atoms with Crippen LogP contribution in [0.5, 0.6) is 0 Å². The molecule has 72 valence electrons.